The van der Waals surface area contributed by atoms with Crippen LogP contribution in [0, 0.1) is 20.2 Å². The molecule has 1 aromatic rings. The summed E-state index contributed by atoms with van der Waals surface area (Å²) in [6, 6.07) is 1.87. The van der Waals surface area contributed by atoms with Crippen LogP contribution in [-0.4, -0.2) is 67.5 Å². The first kappa shape index (κ1) is 21.0. The third kappa shape index (κ3) is 4.70. The Bertz CT molecular complexity index is 747. The monoisotopic (exact) mass is 403 g/mol. The van der Waals surface area contributed by atoms with E-state index in [2.05, 4.69) is 5.32 Å². The lowest BCUT2D eigenvalue weighted by atomic mass is 9.98. The van der Waals surface area contributed by atoms with E-state index >= 15 is 0 Å². The fourth-order valence-corrected chi connectivity index (χ4v) is 3.78. The zero-order valence-corrected chi connectivity index (χ0v) is 14.7. The van der Waals surface area contributed by atoms with Crippen molar-refractivity contribution in [3.63, 3.8) is 0 Å². The molecule has 1 heterocycles. The van der Waals surface area contributed by atoms with Crippen LogP contribution in [0.15, 0.2) is 23.1 Å². The van der Waals surface area contributed by atoms with Gasteiger partial charge in [0.2, 0.25) is 5.91 Å². The summed E-state index contributed by atoms with van der Waals surface area (Å²) in [4.78, 5) is 31.9. The fraction of sp³-hybridized carbons (Fsp3) is 0.500. The molecule has 0 spiro atoms. The molecular weight excluding hydrogens is 386 g/mol. The molecule has 0 unspecified atom stereocenters. The van der Waals surface area contributed by atoms with Gasteiger partial charge >= 0.3 is 0 Å². The summed E-state index contributed by atoms with van der Waals surface area (Å²) in [5.74, 6) is -0.541. The minimum atomic E-state index is -1.51. The van der Waals surface area contributed by atoms with Crippen molar-refractivity contribution >= 4 is 29.0 Å². The highest BCUT2D eigenvalue weighted by atomic mass is 32.2. The van der Waals surface area contributed by atoms with Crippen LogP contribution in [0.1, 0.15) is 6.92 Å². The molecule has 0 saturated carbocycles. The van der Waals surface area contributed by atoms with Crippen molar-refractivity contribution in [2.24, 2.45) is 0 Å². The molecule has 12 nitrogen and oxygen atoms in total. The Morgan fingerprint density at radius 1 is 1.26 bits per heavy atom. The number of aliphatic hydroxyl groups excluding tert-OH is 3. The molecule has 1 aliphatic rings. The van der Waals surface area contributed by atoms with E-state index in [1.807, 2.05) is 0 Å². The van der Waals surface area contributed by atoms with Gasteiger partial charge in [-0.05, 0) is 6.07 Å². The van der Waals surface area contributed by atoms with Gasteiger partial charge in [0.05, 0.1) is 33.5 Å². The molecule has 27 heavy (non-hydrogen) atoms. The van der Waals surface area contributed by atoms with Gasteiger partial charge in [-0.1, -0.05) is 11.8 Å². The Labute approximate surface area is 156 Å². The second-order valence-corrected chi connectivity index (χ2v) is 6.86. The van der Waals surface area contributed by atoms with Gasteiger partial charge in [-0.25, -0.2) is 0 Å². The predicted molar refractivity (Wildman–Crippen MR) is 91.0 cm³/mol. The van der Waals surface area contributed by atoms with E-state index in [0.717, 1.165) is 30.0 Å². The quantitative estimate of drug-likeness (QED) is 0.358. The normalized spacial score (nSPS) is 27.8. The molecule has 13 heteroatoms. The number of nitro groups is 2. The lowest BCUT2D eigenvalue weighted by molar-refractivity contribution is -0.396. The number of benzene rings is 1. The van der Waals surface area contributed by atoms with Crippen molar-refractivity contribution in [2.45, 2.75) is 41.6 Å². The van der Waals surface area contributed by atoms with E-state index in [-0.39, 0.29) is 4.90 Å². The van der Waals surface area contributed by atoms with E-state index in [4.69, 9.17) is 4.74 Å². The van der Waals surface area contributed by atoms with Crippen molar-refractivity contribution in [3.05, 3.63) is 38.4 Å². The first-order valence-corrected chi connectivity index (χ1v) is 8.52. The van der Waals surface area contributed by atoms with Gasteiger partial charge < -0.3 is 25.4 Å². The number of carbonyl (C=O) groups is 1. The van der Waals surface area contributed by atoms with Crippen LogP contribution < -0.4 is 5.32 Å². The number of hydrogen-bond acceptors (Lipinski definition) is 10. The molecule has 0 aliphatic carbocycles. The van der Waals surface area contributed by atoms with Crippen molar-refractivity contribution < 1.29 is 34.7 Å². The van der Waals surface area contributed by atoms with Crippen molar-refractivity contribution in [2.75, 3.05) is 6.61 Å². The molecule has 0 aromatic heterocycles. The number of nitrogens with zero attached hydrogens (tertiary/aromatic N) is 2. The number of carbonyl (C=O) groups excluding carboxylic acids is 1. The lowest BCUT2D eigenvalue weighted by Crippen LogP contribution is -2.63. The van der Waals surface area contributed by atoms with Gasteiger partial charge in [0.1, 0.15) is 23.7 Å². The highest BCUT2D eigenvalue weighted by molar-refractivity contribution is 8.00. The van der Waals surface area contributed by atoms with Crippen molar-refractivity contribution in [3.8, 4) is 0 Å². The summed E-state index contributed by atoms with van der Waals surface area (Å²) in [5.41, 5.74) is -2.14. The molecule has 5 atom stereocenters. The Morgan fingerprint density at radius 3 is 2.44 bits per heavy atom. The molecule has 0 radical (unpaired) electrons. The summed E-state index contributed by atoms with van der Waals surface area (Å²) in [5, 5.41) is 54.0. The van der Waals surface area contributed by atoms with E-state index in [1.54, 1.807) is 0 Å². The highest BCUT2D eigenvalue weighted by Gasteiger charge is 2.45. The maximum atomic E-state index is 11.4. The smallest absolute Gasteiger partial charge is 0.289 e. The number of amides is 1. The molecule has 1 aromatic carbocycles. The minimum absolute atomic E-state index is 0.00812. The van der Waals surface area contributed by atoms with E-state index in [0.29, 0.717) is 0 Å². The van der Waals surface area contributed by atoms with Crippen molar-refractivity contribution in [1.29, 1.82) is 0 Å². The first-order valence-electron chi connectivity index (χ1n) is 7.64. The number of rotatable bonds is 6. The summed E-state index contributed by atoms with van der Waals surface area (Å²) in [6.45, 7) is 0.539. The standard InChI is InChI=1S/C14H17N3O9S/c1-6(19)15-11-13(21)12(20)9(5-18)26-14(11)27-10-3-2-7(16(22)23)4-8(10)17(24)25/h2-4,9,11-14,18,20-21H,5H2,1H3,(H,15,19)/t9-,11-,12-,13-,14-/m1/s1. The van der Waals surface area contributed by atoms with Gasteiger partial charge in [0.25, 0.3) is 11.4 Å². The molecule has 2 rings (SSSR count). The average molecular weight is 403 g/mol. The predicted octanol–water partition coefficient (Wildman–Crippen LogP) is -0.461. The summed E-state index contributed by atoms with van der Waals surface area (Å²) >= 11 is 0.731. The Balaban J connectivity index is 2.37. The number of nitrogens with one attached hydrogen (secondary N) is 1. The van der Waals surface area contributed by atoms with Crippen LogP contribution in [-0.2, 0) is 9.53 Å². The van der Waals surface area contributed by atoms with Crippen LogP contribution in [0.4, 0.5) is 11.4 Å². The first-order chi connectivity index (χ1) is 12.6. The number of aliphatic hydroxyl groups is 3. The zero-order valence-electron chi connectivity index (χ0n) is 13.9. The summed E-state index contributed by atoms with van der Waals surface area (Å²) in [6.07, 6.45) is -4.18. The molecule has 148 valence electrons. The van der Waals surface area contributed by atoms with Gasteiger partial charge in [-0.15, -0.1) is 0 Å². The van der Waals surface area contributed by atoms with Crippen LogP contribution in [0.2, 0.25) is 0 Å². The Hall–Kier alpha value is -2.32. The summed E-state index contributed by atoms with van der Waals surface area (Å²) in [7, 11) is 0. The molecule has 1 amide bonds. The molecule has 0 bridgehead atoms. The lowest BCUT2D eigenvalue weighted by Gasteiger charge is -2.42. The number of thioether (sulfide) groups is 1. The fourth-order valence-electron chi connectivity index (χ4n) is 2.56. The number of nitro benzene ring substituents is 2. The van der Waals surface area contributed by atoms with Crippen molar-refractivity contribution in [1.82, 2.24) is 5.32 Å². The van der Waals surface area contributed by atoms with Crippen LogP contribution in [0.25, 0.3) is 0 Å². The SMILES string of the molecule is CC(=O)N[C@@H]1[C@@H](O)[C@H](O)[C@@H](CO)O[C@@H]1Sc1ccc([N+](=O)[O-])cc1[N+](=O)[O-]. The zero-order chi connectivity index (χ0) is 20.3. The van der Waals surface area contributed by atoms with Gasteiger partial charge in [0, 0.05) is 13.0 Å². The van der Waals surface area contributed by atoms with Gasteiger partial charge in [-0.3, -0.25) is 25.0 Å². The van der Waals surface area contributed by atoms with E-state index < -0.39 is 63.5 Å². The Morgan fingerprint density at radius 2 is 1.93 bits per heavy atom. The third-order valence-electron chi connectivity index (χ3n) is 3.84. The topological polar surface area (TPSA) is 185 Å². The maximum Gasteiger partial charge on any atom is 0.289 e. The molecule has 1 saturated heterocycles. The van der Waals surface area contributed by atoms with Gasteiger partial charge in [0.15, 0.2) is 0 Å². The maximum absolute atomic E-state index is 11.4. The molecule has 1 fully saturated rings. The molecular formula is C14H17N3O9S. The molecule has 1 aliphatic heterocycles. The average Bonchev–Trinajstić information content (AvgIpc) is 2.60. The molecule has 4 N–H and O–H groups in total. The second kappa shape index (κ2) is 8.58. The minimum Gasteiger partial charge on any atom is -0.394 e. The van der Waals surface area contributed by atoms with E-state index in [1.165, 1.54) is 6.92 Å². The highest BCUT2D eigenvalue weighted by Crippen LogP contribution is 2.39. The van der Waals surface area contributed by atoms with Crippen LogP contribution in [0.5, 0.6) is 0 Å². The number of hydrogen-bond donors (Lipinski definition) is 4. The second-order valence-electron chi connectivity index (χ2n) is 5.72. The number of non-ortho nitro benzene ring substituents is 1. The largest absolute Gasteiger partial charge is 0.394 e. The Kier molecular flexibility index (Phi) is 6.67. The summed E-state index contributed by atoms with van der Waals surface area (Å²) < 4.78 is 5.48. The van der Waals surface area contributed by atoms with Crippen LogP contribution in [0.3, 0.4) is 0 Å². The van der Waals surface area contributed by atoms with E-state index in [9.17, 15) is 40.3 Å². The number of ether oxygens (including phenoxy) is 1. The third-order valence-corrected chi connectivity index (χ3v) is 5.08. The van der Waals surface area contributed by atoms with Gasteiger partial charge in [-0.2, -0.15) is 0 Å². The van der Waals surface area contributed by atoms with Crippen LogP contribution >= 0.6 is 11.8 Å².